The van der Waals surface area contributed by atoms with Gasteiger partial charge in [-0.15, -0.1) is 0 Å². The molecule has 3 heterocycles. The van der Waals surface area contributed by atoms with Crippen LogP contribution in [0.1, 0.15) is 38.5 Å². The Bertz CT molecular complexity index is 793. The lowest BCUT2D eigenvalue weighted by atomic mass is 9.91. The highest BCUT2D eigenvalue weighted by molar-refractivity contribution is 7.90. The average molecular weight is 450 g/mol. The second-order valence-corrected chi connectivity index (χ2v) is 11.7. The molecule has 31 heavy (non-hydrogen) atoms. The van der Waals surface area contributed by atoms with Gasteiger partial charge in [-0.3, -0.25) is 4.90 Å². The van der Waals surface area contributed by atoms with Crippen molar-refractivity contribution in [1.82, 2.24) is 9.80 Å². The molecule has 3 fully saturated rings. The maximum absolute atomic E-state index is 11.7. The first-order valence-corrected chi connectivity index (χ1v) is 14.0. The largest absolute Gasteiger partial charge is 0.381 e. The summed E-state index contributed by atoms with van der Waals surface area (Å²) in [6, 6.07) is 7.97. The number of ether oxygens (including phenoxy) is 1. The molecule has 1 aromatic carbocycles. The van der Waals surface area contributed by atoms with E-state index in [-0.39, 0.29) is 0 Å². The van der Waals surface area contributed by atoms with Gasteiger partial charge < -0.3 is 14.5 Å². The van der Waals surface area contributed by atoms with Gasteiger partial charge in [0.2, 0.25) is 0 Å². The third-order valence-corrected chi connectivity index (χ3v) is 8.33. The topological polar surface area (TPSA) is 53.1 Å². The summed E-state index contributed by atoms with van der Waals surface area (Å²) < 4.78 is 29.4. The van der Waals surface area contributed by atoms with Gasteiger partial charge in [-0.25, -0.2) is 8.42 Å². The molecule has 174 valence electrons. The smallest absolute Gasteiger partial charge is 0.175 e. The number of piperidine rings is 2. The van der Waals surface area contributed by atoms with E-state index in [1.54, 1.807) is 12.1 Å². The maximum atomic E-state index is 11.7. The SMILES string of the molecule is CS(=O)(=O)c1ccc(N2CCN3C[C@H](COCCCN4CCCCC4)CCC3C2)cc1. The van der Waals surface area contributed by atoms with Gasteiger partial charge in [-0.2, -0.15) is 0 Å². The van der Waals surface area contributed by atoms with Crippen LogP contribution in [-0.4, -0.2) is 89.5 Å². The molecule has 1 aromatic rings. The molecule has 0 amide bonds. The fourth-order valence-corrected chi connectivity index (χ4v) is 5.99. The van der Waals surface area contributed by atoms with Crippen LogP contribution >= 0.6 is 0 Å². The highest BCUT2D eigenvalue weighted by Crippen LogP contribution is 2.28. The Kier molecular flexibility index (Phi) is 7.91. The van der Waals surface area contributed by atoms with Gasteiger partial charge in [0.25, 0.3) is 0 Å². The quantitative estimate of drug-likeness (QED) is 0.569. The minimum absolute atomic E-state index is 0.395. The summed E-state index contributed by atoms with van der Waals surface area (Å²) in [6.45, 7) is 9.80. The monoisotopic (exact) mass is 449 g/mol. The van der Waals surface area contributed by atoms with E-state index >= 15 is 0 Å². The molecule has 3 aliphatic heterocycles. The summed E-state index contributed by atoms with van der Waals surface area (Å²) in [4.78, 5) is 8.04. The Balaban J connectivity index is 1.16. The summed E-state index contributed by atoms with van der Waals surface area (Å²) in [7, 11) is -3.13. The number of fused-ring (bicyclic) bond motifs is 1. The molecular formula is C24H39N3O3S. The van der Waals surface area contributed by atoms with Crippen LogP contribution in [0, 0.1) is 5.92 Å². The molecule has 0 radical (unpaired) electrons. The average Bonchev–Trinajstić information content (AvgIpc) is 2.79. The summed E-state index contributed by atoms with van der Waals surface area (Å²) in [6.07, 6.45) is 9.02. The molecule has 0 saturated carbocycles. The molecule has 3 saturated heterocycles. The van der Waals surface area contributed by atoms with Gasteiger partial charge in [0, 0.05) is 57.3 Å². The van der Waals surface area contributed by atoms with Crippen LogP contribution in [0.3, 0.4) is 0 Å². The number of hydrogen-bond donors (Lipinski definition) is 0. The second-order valence-electron chi connectivity index (χ2n) is 9.63. The van der Waals surface area contributed by atoms with Crippen LogP contribution in [0.4, 0.5) is 5.69 Å². The highest BCUT2D eigenvalue weighted by atomic mass is 32.2. The molecule has 0 aromatic heterocycles. The molecule has 4 rings (SSSR count). The molecular weight excluding hydrogens is 410 g/mol. The minimum atomic E-state index is -3.13. The molecule has 0 aliphatic carbocycles. The predicted octanol–water partition coefficient (Wildman–Crippen LogP) is 2.88. The zero-order valence-electron chi connectivity index (χ0n) is 19.0. The minimum Gasteiger partial charge on any atom is -0.381 e. The standard InChI is InChI=1S/C24H39N3O3S/c1-31(28,29)24-10-8-22(9-11-24)27-16-15-26-18-21(6-7-23(26)19-27)20-30-17-5-14-25-12-3-2-4-13-25/h8-11,21,23H,2-7,12-20H2,1H3/t21-,23?/m1/s1. The van der Waals surface area contributed by atoms with E-state index in [9.17, 15) is 8.42 Å². The molecule has 3 aliphatic rings. The molecule has 0 bridgehead atoms. The Hall–Kier alpha value is -1.15. The van der Waals surface area contributed by atoms with Crippen molar-refractivity contribution in [2.24, 2.45) is 5.92 Å². The first-order valence-electron chi connectivity index (χ1n) is 12.1. The predicted molar refractivity (Wildman–Crippen MR) is 126 cm³/mol. The number of rotatable bonds is 8. The molecule has 7 heteroatoms. The lowest BCUT2D eigenvalue weighted by molar-refractivity contribution is 0.0307. The van der Waals surface area contributed by atoms with E-state index in [0.29, 0.717) is 16.9 Å². The Labute approximate surface area is 188 Å². The van der Waals surface area contributed by atoms with Crippen LogP contribution in [0.15, 0.2) is 29.2 Å². The van der Waals surface area contributed by atoms with Gasteiger partial charge >= 0.3 is 0 Å². The first-order chi connectivity index (χ1) is 15.0. The van der Waals surface area contributed by atoms with Crippen LogP contribution < -0.4 is 4.90 Å². The zero-order valence-corrected chi connectivity index (χ0v) is 19.9. The van der Waals surface area contributed by atoms with Crippen LogP contribution in [0.25, 0.3) is 0 Å². The maximum Gasteiger partial charge on any atom is 0.175 e. The molecule has 2 atom stereocenters. The van der Waals surface area contributed by atoms with Crippen LogP contribution in [0.5, 0.6) is 0 Å². The van der Waals surface area contributed by atoms with E-state index in [2.05, 4.69) is 14.7 Å². The van der Waals surface area contributed by atoms with Crippen LogP contribution in [0.2, 0.25) is 0 Å². The van der Waals surface area contributed by atoms with Crippen molar-refractivity contribution >= 4 is 15.5 Å². The normalized spacial score (nSPS) is 26.0. The number of nitrogens with zero attached hydrogens (tertiary/aromatic N) is 3. The highest BCUT2D eigenvalue weighted by Gasteiger charge is 2.33. The van der Waals surface area contributed by atoms with Crippen LogP contribution in [-0.2, 0) is 14.6 Å². The van der Waals surface area contributed by atoms with E-state index in [1.807, 2.05) is 12.1 Å². The van der Waals surface area contributed by atoms with Gasteiger partial charge in [0.15, 0.2) is 9.84 Å². The Morgan fingerprint density at radius 2 is 1.74 bits per heavy atom. The number of piperazine rings is 1. The van der Waals surface area contributed by atoms with Crippen molar-refractivity contribution in [3.8, 4) is 0 Å². The summed E-state index contributed by atoms with van der Waals surface area (Å²) in [5, 5.41) is 0. The molecule has 6 nitrogen and oxygen atoms in total. The summed E-state index contributed by atoms with van der Waals surface area (Å²) >= 11 is 0. The third-order valence-electron chi connectivity index (χ3n) is 7.20. The number of likely N-dealkylation sites (tertiary alicyclic amines) is 1. The fourth-order valence-electron chi connectivity index (χ4n) is 5.36. The Morgan fingerprint density at radius 1 is 0.968 bits per heavy atom. The van der Waals surface area contributed by atoms with Crippen molar-refractivity contribution in [2.45, 2.75) is 49.5 Å². The van der Waals surface area contributed by atoms with Crippen molar-refractivity contribution in [3.05, 3.63) is 24.3 Å². The number of benzene rings is 1. The van der Waals surface area contributed by atoms with E-state index < -0.39 is 9.84 Å². The summed E-state index contributed by atoms with van der Waals surface area (Å²) in [5.74, 6) is 0.659. The lowest BCUT2D eigenvalue weighted by Crippen LogP contribution is -2.57. The number of anilines is 1. The third kappa shape index (κ3) is 6.44. The lowest BCUT2D eigenvalue weighted by Gasteiger charge is -2.47. The van der Waals surface area contributed by atoms with E-state index in [0.717, 1.165) is 51.5 Å². The van der Waals surface area contributed by atoms with Crippen molar-refractivity contribution < 1.29 is 13.2 Å². The van der Waals surface area contributed by atoms with E-state index in [4.69, 9.17) is 4.74 Å². The summed E-state index contributed by atoms with van der Waals surface area (Å²) in [5.41, 5.74) is 1.13. The van der Waals surface area contributed by atoms with E-state index in [1.165, 1.54) is 58.0 Å². The Morgan fingerprint density at radius 3 is 2.48 bits per heavy atom. The second kappa shape index (κ2) is 10.6. The van der Waals surface area contributed by atoms with Crippen molar-refractivity contribution in [3.63, 3.8) is 0 Å². The van der Waals surface area contributed by atoms with Gasteiger partial charge in [0.05, 0.1) is 11.5 Å². The van der Waals surface area contributed by atoms with Crippen molar-refractivity contribution in [1.29, 1.82) is 0 Å². The fraction of sp³-hybridized carbons (Fsp3) is 0.750. The molecule has 0 spiro atoms. The molecule has 1 unspecified atom stereocenters. The van der Waals surface area contributed by atoms with Gasteiger partial charge in [0.1, 0.15) is 0 Å². The van der Waals surface area contributed by atoms with Crippen molar-refractivity contribution in [2.75, 3.05) is 70.2 Å². The van der Waals surface area contributed by atoms with Gasteiger partial charge in [-0.05, 0) is 75.4 Å². The number of sulfone groups is 1. The van der Waals surface area contributed by atoms with Gasteiger partial charge in [-0.1, -0.05) is 6.42 Å². The number of hydrogen-bond acceptors (Lipinski definition) is 6. The zero-order chi connectivity index (χ0) is 21.7. The molecule has 0 N–H and O–H groups in total. The first kappa shape index (κ1) is 23.0.